The van der Waals surface area contributed by atoms with E-state index in [1.54, 1.807) is 12.3 Å². The van der Waals surface area contributed by atoms with Crippen LogP contribution in [-0.2, 0) is 6.54 Å². The molecule has 2 rings (SSSR count). The van der Waals surface area contributed by atoms with Crippen molar-refractivity contribution in [3.05, 3.63) is 23.6 Å². The van der Waals surface area contributed by atoms with Crippen molar-refractivity contribution < 1.29 is 4.39 Å². The van der Waals surface area contributed by atoms with Gasteiger partial charge in [0.15, 0.2) is 11.6 Å². The highest BCUT2D eigenvalue weighted by atomic mass is 19.1. The van der Waals surface area contributed by atoms with Crippen molar-refractivity contribution in [2.75, 3.05) is 25.5 Å². The first-order chi connectivity index (χ1) is 8.13. The van der Waals surface area contributed by atoms with Crippen molar-refractivity contribution in [2.45, 2.75) is 19.9 Å². The van der Waals surface area contributed by atoms with Crippen LogP contribution in [0.2, 0.25) is 0 Å². The Morgan fingerprint density at radius 2 is 2.29 bits per heavy atom. The Bertz CT molecular complexity index is 394. The summed E-state index contributed by atoms with van der Waals surface area (Å²) in [5.41, 5.74) is 0.674. The minimum absolute atomic E-state index is 0.197. The van der Waals surface area contributed by atoms with E-state index in [0.717, 1.165) is 12.5 Å². The molecule has 4 heteroatoms. The van der Waals surface area contributed by atoms with Crippen LogP contribution in [0.4, 0.5) is 10.2 Å². The molecule has 1 saturated carbocycles. The lowest BCUT2D eigenvalue weighted by Gasteiger charge is -2.19. The second-order valence-corrected chi connectivity index (χ2v) is 4.99. The molecule has 1 heterocycles. The Balaban J connectivity index is 2.10. The molecular formula is C13H20FN3. The summed E-state index contributed by atoms with van der Waals surface area (Å²) in [6, 6.07) is 1.73. The van der Waals surface area contributed by atoms with E-state index in [9.17, 15) is 4.39 Å². The summed E-state index contributed by atoms with van der Waals surface area (Å²) in [5.74, 6) is 1.75. The van der Waals surface area contributed by atoms with Gasteiger partial charge in [0.1, 0.15) is 0 Å². The zero-order valence-corrected chi connectivity index (χ0v) is 10.7. The number of hydrogen-bond donors (Lipinski definition) is 1. The maximum atomic E-state index is 14.1. The van der Waals surface area contributed by atoms with Crippen LogP contribution < -0.4 is 10.2 Å². The molecule has 2 atom stereocenters. The molecule has 1 aliphatic carbocycles. The van der Waals surface area contributed by atoms with E-state index in [1.165, 1.54) is 6.42 Å². The average molecular weight is 237 g/mol. The van der Waals surface area contributed by atoms with Crippen LogP contribution in [-0.4, -0.2) is 25.6 Å². The van der Waals surface area contributed by atoms with Gasteiger partial charge in [-0.25, -0.2) is 9.37 Å². The Kier molecular flexibility index (Phi) is 3.62. The summed E-state index contributed by atoms with van der Waals surface area (Å²) < 4.78 is 14.1. The van der Waals surface area contributed by atoms with E-state index < -0.39 is 0 Å². The first-order valence-electron chi connectivity index (χ1n) is 6.12. The third-order valence-corrected chi connectivity index (χ3v) is 3.46. The molecular weight excluding hydrogens is 217 g/mol. The van der Waals surface area contributed by atoms with Crippen molar-refractivity contribution in [1.29, 1.82) is 0 Å². The third-order valence-electron chi connectivity index (χ3n) is 3.46. The number of pyridine rings is 1. The quantitative estimate of drug-likeness (QED) is 0.849. The van der Waals surface area contributed by atoms with Gasteiger partial charge in [-0.05, 0) is 31.4 Å². The maximum absolute atomic E-state index is 14.1. The zero-order valence-electron chi connectivity index (χ0n) is 10.7. The largest absolute Gasteiger partial charge is 0.357 e. The number of nitrogens with zero attached hydrogens (tertiary/aromatic N) is 2. The molecule has 1 aromatic heterocycles. The summed E-state index contributed by atoms with van der Waals surface area (Å²) in [6.07, 6.45) is 2.93. The number of hydrogen-bond acceptors (Lipinski definition) is 3. The molecule has 17 heavy (non-hydrogen) atoms. The van der Waals surface area contributed by atoms with Gasteiger partial charge in [0.2, 0.25) is 0 Å². The molecule has 0 aliphatic heterocycles. The van der Waals surface area contributed by atoms with Crippen LogP contribution in [0.25, 0.3) is 0 Å². The first kappa shape index (κ1) is 12.3. The van der Waals surface area contributed by atoms with Gasteiger partial charge in [0, 0.05) is 31.9 Å². The average Bonchev–Trinajstić information content (AvgIpc) is 2.97. The molecule has 2 unspecified atom stereocenters. The summed E-state index contributed by atoms with van der Waals surface area (Å²) in [4.78, 5) is 6.08. The van der Waals surface area contributed by atoms with Crippen LogP contribution in [0.1, 0.15) is 18.9 Å². The second-order valence-electron chi connectivity index (χ2n) is 4.99. The van der Waals surface area contributed by atoms with Crippen molar-refractivity contribution in [2.24, 2.45) is 11.8 Å². The molecule has 1 aromatic rings. The Hall–Kier alpha value is -1.16. The molecule has 94 valence electrons. The molecule has 1 aliphatic rings. The van der Waals surface area contributed by atoms with E-state index in [0.29, 0.717) is 23.8 Å². The van der Waals surface area contributed by atoms with Gasteiger partial charge in [-0.1, -0.05) is 6.92 Å². The lowest BCUT2D eigenvalue weighted by molar-refractivity contribution is 0.585. The molecule has 0 aromatic carbocycles. The first-order valence-corrected chi connectivity index (χ1v) is 6.12. The van der Waals surface area contributed by atoms with Crippen LogP contribution in [0.15, 0.2) is 12.3 Å². The number of anilines is 1. The van der Waals surface area contributed by atoms with Gasteiger partial charge in [-0.2, -0.15) is 0 Å². The van der Waals surface area contributed by atoms with E-state index in [1.807, 2.05) is 19.0 Å². The van der Waals surface area contributed by atoms with Crippen LogP contribution in [0.5, 0.6) is 0 Å². The summed E-state index contributed by atoms with van der Waals surface area (Å²) >= 11 is 0. The molecule has 0 spiro atoms. The molecule has 3 nitrogen and oxygen atoms in total. The molecule has 0 bridgehead atoms. The molecule has 0 saturated heterocycles. The molecule has 0 radical (unpaired) electrons. The van der Waals surface area contributed by atoms with Crippen molar-refractivity contribution in [3.8, 4) is 0 Å². The smallest absolute Gasteiger partial charge is 0.170 e. The fourth-order valence-corrected chi connectivity index (χ4v) is 2.16. The maximum Gasteiger partial charge on any atom is 0.170 e. The fourth-order valence-electron chi connectivity index (χ4n) is 2.16. The molecule has 1 fully saturated rings. The zero-order chi connectivity index (χ0) is 12.4. The van der Waals surface area contributed by atoms with E-state index in [-0.39, 0.29) is 5.82 Å². The number of nitrogens with one attached hydrogen (secondary N) is 1. The monoisotopic (exact) mass is 237 g/mol. The van der Waals surface area contributed by atoms with Gasteiger partial charge >= 0.3 is 0 Å². The number of halogens is 1. The van der Waals surface area contributed by atoms with Crippen molar-refractivity contribution in [3.63, 3.8) is 0 Å². The normalized spacial score (nSPS) is 22.6. The third kappa shape index (κ3) is 2.75. The molecule has 0 amide bonds. The Morgan fingerprint density at radius 3 is 2.88 bits per heavy atom. The summed E-state index contributed by atoms with van der Waals surface area (Å²) in [7, 11) is 3.73. The Labute approximate surface area is 102 Å². The number of aromatic nitrogens is 1. The van der Waals surface area contributed by atoms with Gasteiger partial charge in [-0.15, -0.1) is 0 Å². The number of rotatable bonds is 5. The minimum Gasteiger partial charge on any atom is -0.357 e. The predicted molar refractivity (Wildman–Crippen MR) is 67.5 cm³/mol. The van der Waals surface area contributed by atoms with E-state index in [2.05, 4.69) is 17.2 Å². The van der Waals surface area contributed by atoms with Crippen molar-refractivity contribution in [1.82, 2.24) is 10.3 Å². The summed E-state index contributed by atoms with van der Waals surface area (Å²) in [6.45, 7) is 3.67. The highest BCUT2D eigenvalue weighted by Crippen LogP contribution is 2.38. The standard InChI is InChI=1S/C13H20FN3/c1-9-6-11(9)8-17(3)13-12(14)10(7-15-2)4-5-16-13/h4-5,9,11,15H,6-8H2,1-3H3. The van der Waals surface area contributed by atoms with E-state index >= 15 is 0 Å². The topological polar surface area (TPSA) is 28.2 Å². The SMILES string of the molecule is CNCc1ccnc(N(C)CC2CC2C)c1F. The van der Waals surface area contributed by atoms with E-state index in [4.69, 9.17) is 0 Å². The highest BCUT2D eigenvalue weighted by Gasteiger charge is 2.33. The summed E-state index contributed by atoms with van der Waals surface area (Å²) in [5, 5.41) is 2.96. The Morgan fingerprint density at radius 1 is 1.59 bits per heavy atom. The highest BCUT2D eigenvalue weighted by molar-refractivity contribution is 5.42. The van der Waals surface area contributed by atoms with Crippen LogP contribution in [0.3, 0.4) is 0 Å². The second kappa shape index (κ2) is 5.00. The van der Waals surface area contributed by atoms with Gasteiger partial charge < -0.3 is 10.2 Å². The predicted octanol–water partition coefficient (Wildman–Crippen LogP) is 2.03. The van der Waals surface area contributed by atoms with Gasteiger partial charge in [0.05, 0.1) is 0 Å². The lowest BCUT2D eigenvalue weighted by atomic mass is 10.2. The van der Waals surface area contributed by atoms with Gasteiger partial charge in [-0.3, -0.25) is 0 Å². The van der Waals surface area contributed by atoms with Crippen LogP contribution in [0, 0.1) is 17.7 Å². The van der Waals surface area contributed by atoms with Gasteiger partial charge in [0.25, 0.3) is 0 Å². The lowest BCUT2D eigenvalue weighted by Crippen LogP contribution is -2.23. The van der Waals surface area contributed by atoms with Crippen molar-refractivity contribution >= 4 is 5.82 Å². The van der Waals surface area contributed by atoms with Crippen LogP contribution >= 0.6 is 0 Å². The molecule has 1 N–H and O–H groups in total. The fraction of sp³-hybridized carbons (Fsp3) is 0.615. The minimum atomic E-state index is -0.197.